The summed E-state index contributed by atoms with van der Waals surface area (Å²) in [6.07, 6.45) is 6.41. The molecule has 4 rings (SSSR count). The van der Waals surface area contributed by atoms with E-state index in [0.29, 0.717) is 5.52 Å². The quantitative estimate of drug-likeness (QED) is 0.411. The lowest BCUT2D eigenvalue weighted by Gasteiger charge is -2.06. The number of nitro benzene ring substituents is 1. The van der Waals surface area contributed by atoms with Crippen LogP contribution < -0.4 is 4.74 Å². The Bertz CT molecular complexity index is 1110. The number of hydrogen-bond donors (Lipinski definition) is 0. The van der Waals surface area contributed by atoms with Crippen LogP contribution in [0.3, 0.4) is 0 Å². The highest BCUT2D eigenvalue weighted by atomic mass is 19.1. The van der Waals surface area contributed by atoms with Crippen LogP contribution in [0.4, 0.5) is 10.1 Å². The number of hydrogen-bond acceptors (Lipinski definition) is 6. The molecule has 0 amide bonds. The highest BCUT2D eigenvalue weighted by Crippen LogP contribution is 2.31. The zero-order chi connectivity index (χ0) is 18.1. The maximum absolute atomic E-state index is 14.1. The molecular formula is C17H10FN5O3. The Kier molecular flexibility index (Phi) is 3.73. The molecule has 0 fully saturated rings. The molecule has 0 aliphatic rings. The molecule has 3 aromatic heterocycles. The van der Waals surface area contributed by atoms with Crippen LogP contribution in [-0.2, 0) is 0 Å². The predicted octanol–water partition coefficient (Wildman–Crippen LogP) is 3.63. The Morgan fingerprint density at radius 3 is 2.65 bits per heavy atom. The molecule has 0 radical (unpaired) electrons. The van der Waals surface area contributed by atoms with Gasteiger partial charge in [0.05, 0.1) is 11.0 Å². The lowest BCUT2D eigenvalue weighted by molar-refractivity contribution is -0.385. The Labute approximate surface area is 145 Å². The van der Waals surface area contributed by atoms with Crippen molar-refractivity contribution < 1.29 is 14.1 Å². The van der Waals surface area contributed by atoms with Crippen molar-refractivity contribution in [3.8, 4) is 22.8 Å². The molecule has 8 nitrogen and oxygen atoms in total. The third-order valence-electron chi connectivity index (χ3n) is 3.72. The van der Waals surface area contributed by atoms with E-state index in [2.05, 4.69) is 15.1 Å². The van der Waals surface area contributed by atoms with E-state index in [1.807, 2.05) is 12.1 Å². The van der Waals surface area contributed by atoms with Gasteiger partial charge >= 0.3 is 0 Å². The van der Waals surface area contributed by atoms with Crippen molar-refractivity contribution in [3.63, 3.8) is 0 Å². The SMILES string of the molecule is O=[N+]([O-])c1ccc(Oc2ncnn3cc(-c4ccncc4)cc23)c(F)c1. The number of aromatic nitrogens is 4. The summed E-state index contributed by atoms with van der Waals surface area (Å²) in [7, 11) is 0. The second kappa shape index (κ2) is 6.20. The number of halogens is 1. The second-order valence-corrected chi connectivity index (χ2v) is 5.33. The van der Waals surface area contributed by atoms with Crippen LogP contribution in [0, 0.1) is 15.9 Å². The van der Waals surface area contributed by atoms with Gasteiger partial charge in [-0.25, -0.2) is 8.91 Å². The first-order chi connectivity index (χ1) is 12.6. The lowest BCUT2D eigenvalue weighted by Crippen LogP contribution is -1.97. The molecule has 0 aliphatic carbocycles. The first-order valence-corrected chi connectivity index (χ1v) is 7.47. The van der Waals surface area contributed by atoms with Crippen molar-refractivity contribution in [2.45, 2.75) is 0 Å². The molecule has 3 heterocycles. The van der Waals surface area contributed by atoms with Crippen molar-refractivity contribution in [2.24, 2.45) is 0 Å². The van der Waals surface area contributed by atoms with Gasteiger partial charge < -0.3 is 4.74 Å². The van der Waals surface area contributed by atoms with E-state index in [1.165, 1.54) is 12.4 Å². The van der Waals surface area contributed by atoms with E-state index in [1.54, 1.807) is 29.2 Å². The Balaban J connectivity index is 1.73. The number of benzene rings is 1. The van der Waals surface area contributed by atoms with Gasteiger partial charge in [-0.1, -0.05) is 0 Å². The van der Waals surface area contributed by atoms with E-state index >= 15 is 0 Å². The van der Waals surface area contributed by atoms with E-state index in [4.69, 9.17) is 4.74 Å². The van der Waals surface area contributed by atoms with Crippen LogP contribution in [0.1, 0.15) is 0 Å². The third-order valence-corrected chi connectivity index (χ3v) is 3.72. The molecule has 0 atom stereocenters. The molecule has 4 aromatic rings. The molecule has 0 saturated carbocycles. The number of nitrogens with zero attached hydrogens (tertiary/aromatic N) is 5. The van der Waals surface area contributed by atoms with Gasteiger partial charge in [0, 0.05) is 30.2 Å². The van der Waals surface area contributed by atoms with Gasteiger partial charge in [-0.3, -0.25) is 15.1 Å². The first-order valence-electron chi connectivity index (χ1n) is 7.47. The average Bonchev–Trinajstić information content (AvgIpc) is 3.09. The number of pyridine rings is 1. The van der Waals surface area contributed by atoms with Crippen LogP contribution >= 0.6 is 0 Å². The largest absolute Gasteiger partial charge is 0.434 e. The minimum absolute atomic E-state index is 0.132. The van der Waals surface area contributed by atoms with Gasteiger partial charge in [0.15, 0.2) is 11.6 Å². The molecule has 26 heavy (non-hydrogen) atoms. The minimum atomic E-state index is -0.850. The minimum Gasteiger partial charge on any atom is -0.434 e. The maximum Gasteiger partial charge on any atom is 0.272 e. The van der Waals surface area contributed by atoms with Gasteiger partial charge in [0.25, 0.3) is 5.69 Å². The molecule has 0 N–H and O–H groups in total. The van der Waals surface area contributed by atoms with Crippen LogP contribution in [0.5, 0.6) is 11.6 Å². The van der Waals surface area contributed by atoms with E-state index in [9.17, 15) is 14.5 Å². The standard InChI is InChI=1S/C17H10FN5O3/c18-14-8-13(23(24)25)1-2-16(14)26-17-15-7-12(9-22(15)21-10-20-17)11-3-5-19-6-4-11/h1-10H. The monoisotopic (exact) mass is 351 g/mol. The number of ether oxygens (including phenoxy) is 1. The van der Waals surface area contributed by atoms with E-state index < -0.39 is 10.7 Å². The number of nitro groups is 1. The summed E-state index contributed by atoms with van der Waals surface area (Å²) < 4.78 is 21.2. The normalized spacial score (nSPS) is 10.8. The van der Waals surface area contributed by atoms with Crippen molar-refractivity contribution in [1.29, 1.82) is 0 Å². The maximum atomic E-state index is 14.1. The van der Waals surface area contributed by atoms with Gasteiger partial charge in [-0.05, 0) is 29.8 Å². The summed E-state index contributed by atoms with van der Waals surface area (Å²) >= 11 is 0. The summed E-state index contributed by atoms with van der Waals surface area (Å²) in [6, 6.07) is 8.65. The van der Waals surface area contributed by atoms with E-state index in [-0.39, 0.29) is 17.3 Å². The van der Waals surface area contributed by atoms with Crippen LogP contribution in [0.15, 0.2) is 61.3 Å². The van der Waals surface area contributed by atoms with Crippen molar-refractivity contribution >= 4 is 11.2 Å². The topological polar surface area (TPSA) is 95.5 Å². The first kappa shape index (κ1) is 15.6. The van der Waals surface area contributed by atoms with Crippen LogP contribution in [0.2, 0.25) is 0 Å². The number of non-ortho nitro benzene ring substituents is 1. The fourth-order valence-electron chi connectivity index (χ4n) is 2.48. The highest BCUT2D eigenvalue weighted by molar-refractivity contribution is 5.72. The fraction of sp³-hybridized carbons (Fsp3) is 0. The van der Waals surface area contributed by atoms with E-state index in [0.717, 1.165) is 23.3 Å². The van der Waals surface area contributed by atoms with Crippen LogP contribution in [0.25, 0.3) is 16.6 Å². The van der Waals surface area contributed by atoms with Gasteiger partial charge in [-0.15, -0.1) is 0 Å². The summed E-state index contributed by atoms with van der Waals surface area (Å²) in [6.45, 7) is 0. The summed E-state index contributed by atoms with van der Waals surface area (Å²) in [5, 5.41) is 14.8. The molecule has 0 saturated heterocycles. The Morgan fingerprint density at radius 1 is 1.12 bits per heavy atom. The van der Waals surface area contributed by atoms with Gasteiger partial charge in [0.2, 0.25) is 5.88 Å². The van der Waals surface area contributed by atoms with Crippen molar-refractivity contribution in [3.05, 3.63) is 77.2 Å². The molecule has 0 spiro atoms. The molecule has 128 valence electrons. The van der Waals surface area contributed by atoms with Crippen LogP contribution in [-0.4, -0.2) is 24.5 Å². The predicted molar refractivity (Wildman–Crippen MR) is 89.3 cm³/mol. The summed E-state index contributed by atoms with van der Waals surface area (Å²) in [5.74, 6) is -0.882. The Hall–Kier alpha value is -3.88. The summed E-state index contributed by atoms with van der Waals surface area (Å²) in [4.78, 5) is 18.0. The lowest BCUT2D eigenvalue weighted by atomic mass is 10.1. The fourth-order valence-corrected chi connectivity index (χ4v) is 2.48. The molecule has 9 heteroatoms. The highest BCUT2D eigenvalue weighted by Gasteiger charge is 2.15. The molecule has 1 aromatic carbocycles. The van der Waals surface area contributed by atoms with Crippen molar-refractivity contribution in [2.75, 3.05) is 0 Å². The smallest absolute Gasteiger partial charge is 0.272 e. The molecule has 0 aliphatic heterocycles. The van der Waals surface area contributed by atoms with Gasteiger partial charge in [-0.2, -0.15) is 10.1 Å². The van der Waals surface area contributed by atoms with Crippen molar-refractivity contribution in [1.82, 2.24) is 19.6 Å². The zero-order valence-electron chi connectivity index (χ0n) is 13.1. The molecule has 0 unspecified atom stereocenters. The average molecular weight is 351 g/mol. The summed E-state index contributed by atoms with van der Waals surface area (Å²) in [5.41, 5.74) is 1.96. The zero-order valence-corrected chi connectivity index (χ0v) is 13.1. The second-order valence-electron chi connectivity index (χ2n) is 5.33. The molecular weight excluding hydrogens is 341 g/mol. The Morgan fingerprint density at radius 2 is 1.92 bits per heavy atom. The molecule has 0 bridgehead atoms. The number of rotatable bonds is 4. The number of fused-ring (bicyclic) bond motifs is 1. The van der Waals surface area contributed by atoms with Gasteiger partial charge in [0.1, 0.15) is 11.8 Å². The third kappa shape index (κ3) is 2.81.